The lowest BCUT2D eigenvalue weighted by Gasteiger charge is -2.33. The van der Waals surface area contributed by atoms with Crippen molar-refractivity contribution in [2.45, 2.75) is 69.7 Å². The molecule has 2 aliphatic heterocycles. The van der Waals surface area contributed by atoms with Gasteiger partial charge < -0.3 is 9.47 Å². The van der Waals surface area contributed by atoms with E-state index in [0.717, 1.165) is 44.1 Å². The van der Waals surface area contributed by atoms with Gasteiger partial charge in [0.25, 0.3) is 0 Å². The van der Waals surface area contributed by atoms with Crippen molar-refractivity contribution in [3.05, 3.63) is 28.7 Å². The first-order valence-corrected chi connectivity index (χ1v) is 10.4. The molecule has 0 amide bonds. The van der Waals surface area contributed by atoms with Gasteiger partial charge in [0, 0.05) is 44.0 Å². The Morgan fingerprint density at radius 1 is 0.923 bits per heavy atom. The molecular formula is C19H25ClN6. The second kappa shape index (κ2) is 6.80. The molecule has 138 valence electrons. The minimum absolute atomic E-state index is 0.418. The number of aromatic nitrogens is 5. The smallest absolute Gasteiger partial charge is 0.137 e. The maximum Gasteiger partial charge on any atom is 0.137 e. The van der Waals surface area contributed by atoms with Gasteiger partial charge in [0.15, 0.2) is 0 Å². The highest BCUT2D eigenvalue weighted by atomic mass is 35.5. The molecule has 2 fully saturated rings. The van der Waals surface area contributed by atoms with Crippen LogP contribution < -0.4 is 4.90 Å². The molecule has 1 atom stereocenters. The van der Waals surface area contributed by atoms with Crippen LogP contribution in [0.4, 0.5) is 5.82 Å². The number of nitrogens with zero attached hydrogens (tertiary/aromatic N) is 6. The summed E-state index contributed by atoms with van der Waals surface area (Å²) < 4.78 is 2.39. The third-order valence-corrected chi connectivity index (χ3v) is 6.08. The molecule has 7 heteroatoms. The van der Waals surface area contributed by atoms with Gasteiger partial charge in [-0.05, 0) is 38.5 Å². The van der Waals surface area contributed by atoms with Crippen LogP contribution in [0.15, 0.2) is 6.07 Å². The first kappa shape index (κ1) is 16.5. The van der Waals surface area contributed by atoms with E-state index >= 15 is 0 Å². The van der Waals surface area contributed by atoms with Gasteiger partial charge in [-0.3, -0.25) is 0 Å². The van der Waals surface area contributed by atoms with Gasteiger partial charge in [-0.15, -0.1) is 10.2 Å². The Balaban J connectivity index is 1.40. The normalized spacial score (nSPS) is 23.6. The fourth-order valence-electron chi connectivity index (χ4n) is 4.31. The monoisotopic (exact) mass is 372 g/mol. The quantitative estimate of drug-likeness (QED) is 0.768. The highest BCUT2D eigenvalue weighted by Crippen LogP contribution is 2.39. The van der Waals surface area contributed by atoms with Crippen LogP contribution in [0.2, 0.25) is 5.15 Å². The van der Waals surface area contributed by atoms with E-state index in [4.69, 9.17) is 16.6 Å². The fourth-order valence-corrected chi connectivity index (χ4v) is 4.50. The zero-order valence-electron chi connectivity index (χ0n) is 15.1. The molecule has 0 bridgehead atoms. The van der Waals surface area contributed by atoms with Crippen molar-refractivity contribution < 1.29 is 0 Å². The van der Waals surface area contributed by atoms with Gasteiger partial charge in [0.1, 0.15) is 28.4 Å². The highest BCUT2D eigenvalue weighted by molar-refractivity contribution is 6.29. The van der Waals surface area contributed by atoms with Crippen molar-refractivity contribution in [3.8, 4) is 0 Å². The number of anilines is 1. The van der Waals surface area contributed by atoms with E-state index in [0.29, 0.717) is 17.0 Å². The summed E-state index contributed by atoms with van der Waals surface area (Å²) in [4.78, 5) is 11.6. The average Bonchev–Trinajstić information content (AvgIpc) is 3.46. The van der Waals surface area contributed by atoms with Gasteiger partial charge in [-0.2, -0.15) is 0 Å². The largest absolute Gasteiger partial charge is 0.356 e. The van der Waals surface area contributed by atoms with Crippen LogP contribution in [0.3, 0.4) is 0 Å². The molecule has 1 saturated carbocycles. The molecule has 1 saturated heterocycles. The van der Waals surface area contributed by atoms with Crippen molar-refractivity contribution in [2.24, 2.45) is 0 Å². The second-order valence-corrected chi connectivity index (χ2v) is 8.29. The van der Waals surface area contributed by atoms with Crippen LogP contribution in [0.5, 0.6) is 0 Å². The Morgan fingerprint density at radius 2 is 1.85 bits per heavy atom. The summed E-state index contributed by atoms with van der Waals surface area (Å²) in [6, 6.07) is 1.92. The Bertz CT molecular complexity index is 799. The van der Waals surface area contributed by atoms with Crippen LogP contribution in [-0.4, -0.2) is 37.8 Å². The predicted octanol–water partition coefficient (Wildman–Crippen LogP) is 3.71. The van der Waals surface area contributed by atoms with Crippen molar-refractivity contribution >= 4 is 17.4 Å². The van der Waals surface area contributed by atoms with Crippen molar-refractivity contribution in [1.82, 2.24) is 24.7 Å². The maximum atomic E-state index is 6.29. The Kier molecular flexibility index (Phi) is 4.31. The average molecular weight is 373 g/mol. The Morgan fingerprint density at radius 3 is 2.73 bits per heavy atom. The molecule has 4 heterocycles. The summed E-state index contributed by atoms with van der Waals surface area (Å²) in [5, 5.41) is 9.65. The minimum Gasteiger partial charge on any atom is -0.356 e. The van der Waals surface area contributed by atoms with E-state index in [1.807, 2.05) is 6.07 Å². The summed E-state index contributed by atoms with van der Waals surface area (Å²) in [6.07, 6.45) is 9.52. The molecule has 0 aromatic carbocycles. The number of piperidine rings is 1. The molecule has 2 aromatic heterocycles. The zero-order chi connectivity index (χ0) is 17.5. The minimum atomic E-state index is 0.418. The summed E-state index contributed by atoms with van der Waals surface area (Å²) in [7, 11) is 0. The van der Waals surface area contributed by atoms with Crippen LogP contribution >= 0.6 is 11.6 Å². The molecule has 5 rings (SSSR count). The number of halogens is 1. The third-order valence-electron chi connectivity index (χ3n) is 5.89. The summed E-state index contributed by atoms with van der Waals surface area (Å²) in [6.45, 7) is 3.03. The molecule has 2 aromatic rings. The number of hydrogen-bond acceptors (Lipinski definition) is 5. The second-order valence-electron chi connectivity index (χ2n) is 7.90. The van der Waals surface area contributed by atoms with Crippen LogP contribution in [0.25, 0.3) is 0 Å². The third kappa shape index (κ3) is 3.20. The van der Waals surface area contributed by atoms with E-state index < -0.39 is 0 Å². The van der Waals surface area contributed by atoms with E-state index in [1.54, 1.807) is 0 Å². The lowest BCUT2D eigenvalue weighted by Crippen LogP contribution is -2.36. The van der Waals surface area contributed by atoms with Crippen LogP contribution in [-0.2, 0) is 13.0 Å². The van der Waals surface area contributed by atoms with Gasteiger partial charge in [0.05, 0.1) is 0 Å². The van der Waals surface area contributed by atoms with Gasteiger partial charge in [-0.25, -0.2) is 9.97 Å². The van der Waals surface area contributed by atoms with Gasteiger partial charge in [0.2, 0.25) is 0 Å². The van der Waals surface area contributed by atoms with Gasteiger partial charge >= 0.3 is 0 Å². The lowest BCUT2D eigenvalue weighted by molar-refractivity contribution is 0.463. The molecule has 26 heavy (non-hydrogen) atoms. The number of hydrogen-bond donors (Lipinski definition) is 0. The molecule has 6 nitrogen and oxygen atoms in total. The number of fused-ring (bicyclic) bond motifs is 1. The Labute approximate surface area is 159 Å². The molecule has 0 radical (unpaired) electrons. The number of rotatable bonds is 3. The Hall–Kier alpha value is -1.69. The molecule has 0 spiro atoms. The molecular weight excluding hydrogens is 348 g/mol. The predicted molar refractivity (Wildman–Crippen MR) is 101 cm³/mol. The highest BCUT2D eigenvalue weighted by Gasteiger charge is 2.30. The SMILES string of the molecule is Clc1cc(N2CCCC(c3nnc4n3CCCCC4)C2)nc(C2CC2)n1. The van der Waals surface area contributed by atoms with Crippen LogP contribution in [0, 0.1) is 0 Å². The van der Waals surface area contributed by atoms with Crippen LogP contribution in [0.1, 0.15) is 74.3 Å². The van der Waals surface area contributed by atoms with E-state index in [2.05, 4.69) is 24.6 Å². The fraction of sp³-hybridized carbons (Fsp3) is 0.684. The molecule has 1 aliphatic carbocycles. The first-order chi connectivity index (χ1) is 12.8. The maximum absolute atomic E-state index is 6.29. The van der Waals surface area contributed by atoms with Crippen molar-refractivity contribution in [3.63, 3.8) is 0 Å². The van der Waals surface area contributed by atoms with Crippen molar-refractivity contribution in [2.75, 3.05) is 18.0 Å². The zero-order valence-corrected chi connectivity index (χ0v) is 15.8. The summed E-state index contributed by atoms with van der Waals surface area (Å²) >= 11 is 6.29. The molecule has 1 unspecified atom stereocenters. The van der Waals surface area contributed by atoms with E-state index in [-0.39, 0.29) is 0 Å². The van der Waals surface area contributed by atoms with Gasteiger partial charge in [-0.1, -0.05) is 18.0 Å². The van der Waals surface area contributed by atoms with E-state index in [9.17, 15) is 0 Å². The topological polar surface area (TPSA) is 59.7 Å². The molecule has 3 aliphatic rings. The summed E-state index contributed by atoms with van der Waals surface area (Å²) in [5.41, 5.74) is 0. The van der Waals surface area contributed by atoms with Crippen molar-refractivity contribution in [1.29, 1.82) is 0 Å². The lowest BCUT2D eigenvalue weighted by atomic mass is 9.97. The van der Waals surface area contributed by atoms with E-state index in [1.165, 1.54) is 50.2 Å². The number of aryl methyl sites for hydroxylation is 1. The standard InChI is InChI=1S/C19H25ClN6/c20-15-11-17(22-18(21-15)13-7-8-13)25-9-4-5-14(12-25)19-24-23-16-6-2-1-3-10-26(16)19/h11,13-14H,1-10,12H2. The first-order valence-electron chi connectivity index (χ1n) is 9.99. The summed E-state index contributed by atoms with van der Waals surface area (Å²) in [5.74, 6) is 5.18. The molecule has 0 N–H and O–H groups in total.